The van der Waals surface area contributed by atoms with E-state index in [0.717, 1.165) is 37.1 Å². The van der Waals surface area contributed by atoms with E-state index in [4.69, 9.17) is 5.73 Å². The van der Waals surface area contributed by atoms with Gasteiger partial charge in [0.15, 0.2) is 0 Å². The Kier molecular flexibility index (Phi) is 5.01. The topological polar surface area (TPSA) is 41.3 Å². The minimum atomic E-state index is 0.0954. The van der Waals surface area contributed by atoms with Crippen molar-refractivity contribution in [3.8, 4) is 0 Å². The third-order valence-corrected chi connectivity index (χ3v) is 4.52. The van der Waals surface area contributed by atoms with E-state index in [0.29, 0.717) is 0 Å². The fourth-order valence-electron chi connectivity index (χ4n) is 2.77. The summed E-state index contributed by atoms with van der Waals surface area (Å²) in [7, 11) is 0. The van der Waals surface area contributed by atoms with Crippen molar-refractivity contribution in [3.05, 3.63) is 34.3 Å². The van der Waals surface area contributed by atoms with Gasteiger partial charge in [0, 0.05) is 42.2 Å². The number of hydrogen-bond acceptors (Lipinski definition) is 3. The number of nitrogens with one attached hydrogen (secondary N) is 1. The maximum Gasteiger partial charge on any atom is 0.0312 e. The monoisotopic (exact) mass is 325 g/mol. The molecular formula is C15H24BrN3. The zero-order valence-corrected chi connectivity index (χ0v) is 13.4. The van der Waals surface area contributed by atoms with E-state index in [1.165, 1.54) is 5.56 Å². The lowest BCUT2D eigenvalue weighted by atomic mass is 9.89. The van der Waals surface area contributed by atoms with Gasteiger partial charge < -0.3 is 11.1 Å². The molecule has 106 valence electrons. The van der Waals surface area contributed by atoms with E-state index >= 15 is 0 Å². The summed E-state index contributed by atoms with van der Waals surface area (Å²) in [6, 6.07) is 8.45. The molecule has 1 atom stereocenters. The summed E-state index contributed by atoms with van der Waals surface area (Å²) in [4.78, 5) is 2.54. The van der Waals surface area contributed by atoms with Crippen LogP contribution < -0.4 is 11.1 Å². The van der Waals surface area contributed by atoms with Crippen molar-refractivity contribution in [1.82, 2.24) is 10.2 Å². The van der Waals surface area contributed by atoms with Crippen LogP contribution in [0.5, 0.6) is 0 Å². The molecule has 0 bridgehead atoms. The molecule has 19 heavy (non-hydrogen) atoms. The maximum atomic E-state index is 6.38. The van der Waals surface area contributed by atoms with E-state index in [1.807, 2.05) is 0 Å². The van der Waals surface area contributed by atoms with Crippen LogP contribution in [0.15, 0.2) is 28.7 Å². The fourth-order valence-corrected chi connectivity index (χ4v) is 3.03. The maximum absolute atomic E-state index is 6.38. The van der Waals surface area contributed by atoms with Gasteiger partial charge in [0.2, 0.25) is 0 Å². The first-order valence-corrected chi connectivity index (χ1v) is 7.75. The first kappa shape index (κ1) is 15.0. The van der Waals surface area contributed by atoms with Gasteiger partial charge >= 0.3 is 0 Å². The van der Waals surface area contributed by atoms with Crippen molar-refractivity contribution < 1.29 is 0 Å². The standard InChI is InChI=1S/C15H24BrN3/c1-15(2,19-9-7-18-8-10-19)11-14(17)12-3-5-13(16)6-4-12/h3-6,14,18H,7-11,17H2,1-2H3. The first-order valence-electron chi connectivity index (χ1n) is 6.96. The second-order valence-electron chi connectivity index (χ2n) is 5.91. The summed E-state index contributed by atoms with van der Waals surface area (Å²) in [5, 5.41) is 3.40. The molecule has 1 fully saturated rings. The Morgan fingerprint density at radius 2 is 1.84 bits per heavy atom. The first-order chi connectivity index (χ1) is 8.99. The Labute approximate surface area is 124 Å². The van der Waals surface area contributed by atoms with Gasteiger partial charge in [0.25, 0.3) is 0 Å². The number of nitrogens with zero attached hydrogens (tertiary/aromatic N) is 1. The van der Waals surface area contributed by atoms with Crippen LogP contribution in [0.3, 0.4) is 0 Å². The van der Waals surface area contributed by atoms with E-state index < -0.39 is 0 Å². The Morgan fingerprint density at radius 3 is 2.42 bits per heavy atom. The second-order valence-corrected chi connectivity index (χ2v) is 6.83. The van der Waals surface area contributed by atoms with Gasteiger partial charge in [-0.25, -0.2) is 0 Å². The number of halogens is 1. The molecule has 1 aromatic rings. The summed E-state index contributed by atoms with van der Waals surface area (Å²) in [5.41, 5.74) is 7.74. The Hall–Kier alpha value is -0.420. The molecule has 3 N–H and O–H groups in total. The van der Waals surface area contributed by atoms with Crippen molar-refractivity contribution in [2.45, 2.75) is 31.8 Å². The average molecular weight is 326 g/mol. The van der Waals surface area contributed by atoms with Crippen LogP contribution in [-0.4, -0.2) is 36.6 Å². The lowest BCUT2D eigenvalue weighted by Gasteiger charge is -2.42. The SMILES string of the molecule is CC(C)(CC(N)c1ccc(Br)cc1)N1CCNCC1. The molecule has 0 aliphatic carbocycles. The third-order valence-electron chi connectivity index (χ3n) is 3.99. The number of hydrogen-bond donors (Lipinski definition) is 2. The van der Waals surface area contributed by atoms with Gasteiger partial charge in [-0.2, -0.15) is 0 Å². The molecule has 0 aromatic heterocycles. The predicted molar refractivity (Wildman–Crippen MR) is 84.2 cm³/mol. The Bertz CT molecular complexity index is 396. The molecule has 1 aliphatic heterocycles. The fraction of sp³-hybridized carbons (Fsp3) is 0.600. The highest BCUT2D eigenvalue weighted by Gasteiger charge is 2.29. The molecule has 1 aliphatic rings. The van der Waals surface area contributed by atoms with E-state index in [-0.39, 0.29) is 11.6 Å². The highest BCUT2D eigenvalue weighted by atomic mass is 79.9. The summed E-state index contributed by atoms with van der Waals surface area (Å²) in [5.74, 6) is 0. The van der Waals surface area contributed by atoms with Gasteiger partial charge in [-0.15, -0.1) is 0 Å². The van der Waals surface area contributed by atoms with Crippen LogP contribution in [0.1, 0.15) is 31.9 Å². The Balaban J connectivity index is 2.00. The van der Waals surface area contributed by atoms with Crippen molar-refractivity contribution in [2.75, 3.05) is 26.2 Å². The number of benzene rings is 1. The van der Waals surface area contributed by atoms with E-state index in [1.54, 1.807) is 0 Å². The number of rotatable bonds is 4. The number of nitrogens with two attached hydrogens (primary N) is 1. The van der Waals surface area contributed by atoms with Crippen LogP contribution in [0.25, 0.3) is 0 Å². The van der Waals surface area contributed by atoms with Gasteiger partial charge in [0.1, 0.15) is 0 Å². The Morgan fingerprint density at radius 1 is 1.26 bits per heavy atom. The van der Waals surface area contributed by atoms with Crippen LogP contribution in [0.4, 0.5) is 0 Å². The van der Waals surface area contributed by atoms with Gasteiger partial charge in [-0.3, -0.25) is 4.90 Å². The predicted octanol–water partition coefficient (Wildman–Crippen LogP) is 2.52. The van der Waals surface area contributed by atoms with Crippen LogP contribution in [0, 0.1) is 0 Å². The molecule has 0 amide bonds. The van der Waals surface area contributed by atoms with Gasteiger partial charge in [0.05, 0.1) is 0 Å². The molecular weight excluding hydrogens is 302 g/mol. The zero-order chi connectivity index (χ0) is 13.9. The smallest absolute Gasteiger partial charge is 0.0312 e. The summed E-state index contributed by atoms with van der Waals surface area (Å²) in [6.45, 7) is 8.99. The molecule has 4 heteroatoms. The highest BCUT2D eigenvalue weighted by Crippen LogP contribution is 2.27. The van der Waals surface area contributed by atoms with Crippen molar-refractivity contribution >= 4 is 15.9 Å². The van der Waals surface area contributed by atoms with Gasteiger partial charge in [-0.1, -0.05) is 28.1 Å². The lowest BCUT2D eigenvalue weighted by molar-refractivity contribution is 0.0893. The minimum absolute atomic E-state index is 0.0954. The number of piperazine rings is 1. The van der Waals surface area contributed by atoms with E-state index in [9.17, 15) is 0 Å². The van der Waals surface area contributed by atoms with Crippen LogP contribution >= 0.6 is 15.9 Å². The molecule has 1 heterocycles. The summed E-state index contributed by atoms with van der Waals surface area (Å²) in [6.07, 6.45) is 0.981. The van der Waals surface area contributed by atoms with Crippen molar-refractivity contribution in [1.29, 1.82) is 0 Å². The minimum Gasteiger partial charge on any atom is -0.324 e. The normalized spacial score (nSPS) is 19.4. The largest absolute Gasteiger partial charge is 0.324 e. The lowest BCUT2D eigenvalue weighted by Crippen LogP contribution is -2.54. The third kappa shape index (κ3) is 4.02. The van der Waals surface area contributed by atoms with Crippen molar-refractivity contribution in [3.63, 3.8) is 0 Å². The van der Waals surface area contributed by atoms with Gasteiger partial charge in [-0.05, 0) is 38.0 Å². The molecule has 1 saturated heterocycles. The molecule has 0 saturated carbocycles. The van der Waals surface area contributed by atoms with Crippen molar-refractivity contribution in [2.24, 2.45) is 5.73 Å². The van der Waals surface area contributed by atoms with Crippen LogP contribution in [-0.2, 0) is 0 Å². The zero-order valence-electron chi connectivity index (χ0n) is 11.8. The molecule has 0 spiro atoms. The quantitative estimate of drug-likeness (QED) is 0.893. The highest BCUT2D eigenvalue weighted by molar-refractivity contribution is 9.10. The summed E-state index contributed by atoms with van der Waals surface area (Å²) < 4.78 is 1.10. The second kappa shape index (κ2) is 6.35. The molecule has 0 radical (unpaired) electrons. The van der Waals surface area contributed by atoms with E-state index in [2.05, 4.69) is 64.3 Å². The summed E-state index contributed by atoms with van der Waals surface area (Å²) >= 11 is 3.46. The molecule has 3 nitrogen and oxygen atoms in total. The molecule has 1 aromatic carbocycles. The molecule has 2 rings (SSSR count). The molecule has 1 unspecified atom stereocenters. The van der Waals surface area contributed by atoms with Crippen LogP contribution in [0.2, 0.25) is 0 Å². The average Bonchev–Trinajstić information content (AvgIpc) is 2.40.